The van der Waals surface area contributed by atoms with Crippen molar-refractivity contribution in [1.29, 1.82) is 0 Å². The number of rotatable bonds is 11. The number of halogens is 1. The topological polar surface area (TPSA) is 131 Å². The van der Waals surface area contributed by atoms with Crippen LogP contribution in [0.15, 0.2) is 54.9 Å². The fourth-order valence-electron chi connectivity index (χ4n) is 4.82. The molecule has 0 unspecified atom stereocenters. The Morgan fingerprint density at radius 3 is 2.92 bits per heavy atom. The molecular formula is C27H30FN7O3. The summed E-state index contributed by atoms with van der Waals surface area (Å²) < 4.78 is 21.3. The lowest BCUT2D eigenvalue weighted by molar-refractivity contribution is -0.117. The van der Waals surface area contributed by atoms with Gasteiger partial charge in [-0.1, -0.05) is 6.07 Å². The van der Waals surface area contributed by atoms with Gasteiger partial charge in [-0.3, -0.25) is 9.69 Å². The fraction of sp³-hybridized carbons (Fsp3) is 0.333. The first-order valence-electron chi connectivity index (χ1n) is 12.6. The first kappa shape index (κ1) is 25.6. The molecule has 0 bridgehead atoms. The molecule has 2 aromatic heterocycles. The van der Waals surface area contributed by atoms with Crippen molar-refractivity contribution in [2.24, 2.45) is 5.73 Å². The van der Waals surface area contributed by atoms with E-state index in [9.17, 15) is 14.3 Å². The van der Waals surface area contributed by atoms with E-state index in [4.69, 9.17) is 10.5 Å². The summed E-state index contributed by atoms with van der Waals surface area (Å²) in [6, 6.07) is 13.5. The highest BCUT2D eigenvalue weighted by Gasteiger charge is 2.22. The van der Waals surface area contributed by atoms with E-state index in [-0.39, 0.29) is 19.1 Å². The number of nitrogens with one attached hydrogen (secondary N) is 1. The van der Waals surface area contributed by atoms with Crippen molar-refractivity contribution in [2.45, 2.75) is 31.7 Å². The van der Waals surface area contributed by atoms with Crippen LogP contribution in [0.1, 0.15) is 25.0 Å². The Morgan fingerprint density at radius 2 is 2.11 bits per heavy atom. The number of aromatic nitrogens is 4. The average Bonchev–Trinajstić information content (AvgIpc) is 3.52. The molecule has 10 nitrogen and oxygen atoms in total. The van der Waals surface area contributed by atoms with Crippen molar-refractivity contribution >= 4 is 28.4 Å². The van der Waals surface area contributed by atoms with E-state index in [2.05, 4.69) is 25.3 Å². The quantitative estimate of drug-likeness (QED) is 0.258. The van der Waals surface area contributed by atoms with E-state index in [1.165, 1.54) is 23.1 Å². The maximum absolute atomic E-state index is 13.8. The smallest absolute Gasteiger partial charge is 0.223 e. The second-order valence-electron chi connectivity index (χ2n) is 9.30. The molecule has 11 heteroatoms. The van der Waals surface area contributed by atoms with Crippen LogP contribution in [0.5, 0.6) is 5.75 Å². The molecule has 38 heavy (non-hydrogen) atoms. The number of anilines is 2. The van der Waals surface area contributed by atoms with Gasteiger partial charge in [0, 0.05) is 30.1 Å². The van der Waals surface area contributed by atoms with Gasteiger partial charge in [-0.2, -0.15) is 0 Å². The molecule has 4 N–H and O–H groups in total. The summed E-state index contributed by atoms with van der Waals surface area (Å²) in [6.45, 7) is 2.70. The monoisotopic (exact) mass is 519 g/mol. The second-order valence-corrected chi connectivity index (χ2v) is 9.30. The summed E-state index contributed by atoms with van der Waals surface area (Å²) in [5.41, 5.74) is 7.10. The second kappa shape index (κ2) is 11.5. The van der Waals surface area contributed by atoms with Crippen molar-refractivity contribution in [1.82, 2.24) is 24.6 Å². The summed E-state index contributed by atoms with van der Waals surface area (Å²) in [7, 11) is 0. The van der Waals surface area contributed by atoms with Gasteiger partial charge in [0.2, 0.25) is 5.91 Å². The molecule has 198 valence electrons. The number of fused-ring (bicyclic) bond motifs is 1. The van der Waals surface area contributed by atoms with Gasteiger partial charge in [0.25, 0.3) is 0 Å². The molecule has 4 aromatic rings. The maximum atomic E-state index is 13.8. The van der Waals surface area contributed by atoms with Crippen molar-refractivity contribution in [3.05, 3.63) is 66.4 Å². The van der Waals surface area contributed by atoms with Gasteiger partial charge in [0.1, 0.15) is 23.7 Å². The lowest BCUT2D eigenvalue weighted by atomic mass is 10.2. The minimum Gasteiger partial charge on any atom is -0.493 e. The fourth-order valence-corrected chi connectivity index (χ4v) is 4.82. The number of nitrogens with two attached hydrogens (primary N) is 1. The van der Waals surface area contributed by atoms with Crippen LogP contribution in [-0.4, -0.2) is 68.0 Å². The Bertz CT molecular complexity index is 1430. The maximum Gasteiger partial charge on any atom is 0.223 e. The number of primary amides is 1. The summed E-state index contributed by atoms with van der Waals surface area (Å²) in [5, 5.41) is 17.9. The van der Waals surface area contributed by atoms with Crippen LogP contribution in [0.3, 0.4) is 0 Å². The zero-order valence-corrected chi connectivity index (χ0v) is 20.9. The molecule has 2 aromatic carbocycles. The minimum atomic E-state index is -0.525. The van der Waals surface area contributed by atoms with Crippen LogP contribution in [0.2, 0.25) is 0 Å². The van der Waals surface area contributed by atoms with Gasteiger partial charge >= 0.3 is 0 Å². The number of carbonyl (C=O) groups excluding carboxylic acids is 1. The molecule has 1 fully saturated rings. The third kappa shape index (κ3) is 5.90. The van der Waals surface area contributed by atoms with Crippen molar-refractivity contribution in [3.63, 3.8) is 0 Å². The van der Waals surface area contributed by atoms with Gasteiger partial charge in [-0.05, 0) is 56.1 Å². The highest BCUT2D eigenvalue weighted by atomic mass is 19.1. The van der Waals surface area contributed by atoms with E-state index < -0.39 is 11.7 Å². The number of carbonyl (C=O) groups is 1. The van der Waals surface area contributed by atoms with Crippen LogP contribution in [-0.2, 0) is 11.2 Å². The first-order chi connectivity index (χ1) is 18.5. The average molecular weight is 520 g/mol. The molecule has 3 heterocycles. The number of nitrogens with zero attached hydrogens (tertiary/aromatic N) is 5. The number of benzene rings is 2. The van der Waals surface area contributed by atoms with E-state index in [1.807, 2.05) is 18.2 Å². The van der Waals surface area contributed by atoms with Crippen LogP contribution in [0.4, 0.5) is 16.0 Å². The number of ether oxygens (including phenoxy) is 1. The van der Waals surface area contributed by atoms with Crippen molar-refractivity contribution in [2.75, 3.05) is 31.6 Å². The summed E-state index contributed by atoms with van der Waals surface area (Å²) in [6.07, 6.45) is 4.44. The third-order valence-corrected chi connectivity index (χ3v) is 6.61. The van der Waals surface area contributed by atoms with Gasteiger partial charge in [0.05, 0.1) is 36.5 Å². The van der Waals surface area contributed by atoms with E-state index in [0.29, 0.717) is 40.9 Å². The molecule has 1 saturated heterocycles. The predicted molar refractivity (Wildman–Crippen MR) is 141 cm³/mol. The molecule has 0 saturated carbocycles. The van der Waals surface area contributed by atoms with Gasteiger partial charge in [0.15, 0.2) is 5.82 Å². The predicted octanol–water partition coefficient (Wildman–Crippen LogP) is 2.95. The van der Waals surface area contributed by atoms with Crippen LogP contribution < -0.4 is 15.8 Å². The summed E-state index contributed by atoms with van der Waals surface area (Å²) in [5.74, 6) is 0.723. The van der Waals surface area contributed by atoms with Crippen LogP contribution in [0.25, 0.3) is 16.6 Å². The minimum absolute atomic E-state index is 0.0607. The molecule has 1 amide bonds. The summed E-state index contributed by atoms with van der Waals surface area (Å²) >= 11 is 0. The number of hydrogen-bond acceptors (Lipinski definition) is 8. The number of amides is 1. The summed E-state index contributed by atoms with van der Waals surface area (Å²) in [4.78, 5) is 22.7. The first-order valence-corrected chi connectivity index (χ1v) is 12.6. The highest BCUT2D eigenvalue weighted by Crippen LogP contribution is 2.27. The Hall–Kier alpha value is -4.09. The SMILES string of the molecule is NC(=O)Cc1cc(Nc2ncnc3cc(OCCCN4CCC[C@H]4CO)ccc23)nn1-c1cccc(F)c1. The molecule has 1 aliphatic heterocycles. The zero-order chi connectivity index (χ0) is 26.5. The highest BCUT2D eigenvalue weighted by molar-refractivity contribution is 5.91. The molecular weight excluding hydrogens is 489 g/mol. The molecule has 1 aliphatic rings. The number of aliphatic hydroxyl groups excluding tert-OH is 1. The number of hydrogen-bond donors (Lipinski definition) is 3. The largest absolute Gasteiger partial charge is 0.493 e. The number of likely N-dealkylation sites (tertiary alicyclic amines) is 1. The molecule has 1 atom stereocenters. The standard InChI is InChI=1S/C27H30FN7O3/c28-18-4-1-5-19(12-18)35-21(13-25(29)37)14-26(33-35)32-27-23-8-7-22(15-24(23)30-17-31-27)38-11-3-10-34-9-2-6-20(34)16-36/h1,4-5,7-8,12,14-15,17,20,36H,2-3,6,9-11,13,16H2,(H2,29,37)(H,30,31,32,33)/t20-/m0/s1. The Labute approximate surface area is 219 Å². The third-order valence-electron chi connectivity index (χ3n) is 6.61. The van der Waals surface area contributed by atoms with Gasteiger partial charge < -0.3 is 20.9 Å². The van der Waals surface area contributed by atoms with Crippen LogP contribution >= 0.6 is 0 Å². The van der Waals surface area contributed by atoms with E-state index >= 15 is 0 Å². The molecule has 0 spiro atoms. The Balaban J connectivity index is 1.29. The lowest BCUT2D eigenvalue weighted by Gasteiger charge is -2.22. The lowest BCUT2D eigenvalue weighted by Crippen LogP contribution is -2.33. The normalized spacial score (nSPS) is 15.7. The van der Waals surface area contributed by atoms with Crippen molar-refractivity contribution < 1.29 is 19.0 Å². The Kier molecular flexibility index (Phi) is 7.75. The van der Waals surface area contributed by atoms with E-state index in [1.54, 1.807) is 18.2 Å². The Morgan fingerprint density at radius 1 is 1.21 bits per heavy atom. The molecule has 5 rings (SSSR count). The molecule has 0 radical (unpaired) electrons. The van der Waals surface area contributed by atoms with Crippen molar-refractivity contribution in [3.8, 4) is 11.4 Å². The van der Waals surface area contributed by atoms with Gasteiger partial charge in [-0.25, -0.2) is 19.0 Å². The molecule has 0 aliphatic carbocycles. The van der Waals surface area contributed by atoms with E-state index in [0.717, 1.165) is 37.7 Å². The zero-order valence-electron chi connectivity index (χ0n) is 20.9. The van der Waals surface area contributed by atoms with Gasteiger partial charge in [-0.15, -0.1) is 5.10 Å². The number of aliphatic hydroxyl groups is 1. The van der Waals surface area contributed by atoms with Crippen LogP contribution in [0, 0.1) is 5.82 Å².